The zero-order valence-corrected chi connectivity index (χ0v) is 15.5. The van der Waals surface area contributed by atoms with Crippen LogP contribution in [-0.4, -0.2) is 34.2 Å². The number of anilines is 1. The summed E-state index contributed by atoms with van der Waals surface area (Å²) in [6.07, 6.45) is 2.07. The molecular weight excluding hydrogens is 362 g/mol. The van der Waals surface area contributed by atoms with Crippen LogP contribution in [0.3, 0.4) is 0 Å². The van der Waals surface area contributed by atoms with E-state index in [0.717, 1.165) is 18.5 Å². The molecule has 0 saturated heterocycles. The van der Waals surface area contributed by atoms with Gasteiger partial charge in [-0.05, 0) is 49.6 Å². The molecule has 2 aromatic heterocycles. The van der Waals surface area contributed by atoms with E-state index in [2.05, 4.69) is 15.5 Å². The molecule has 1 aliphatic carbocycles. The Bertz CT molecular complexity index is 1080. The summed E-state index contributed by atoms with van der Waals surface area (Å²) in [5, 5.41) is 16.6. The van der Waals surface area contributed by atoms with Crippen LogP contribution < -0.4 is 5.32 Å². The Morgan fingerprint density at radius 1 is 1.29 bits per heavy atom. The molecular formula is C20H19N3O5. The first-order valence-corrected chi connectivity index (χ1v) is 8.90. The highest BCUT2D eigenvalue weighted by molar-refractivity contribution is 6.12. The quantitative estimate of drug-likeness (QED) is 0.671. The summed E-state index contributed by atoms with van der Waals surface area (Å²) in [6, 6.07) is 6.40. The zero-order valence-electron chi connectivity index (χ0n) is 15.5. The molecule has 2 heterocycles. The van der Waals surface area contributed by atoms with Gasteiger partial charge >= 0.3 is 5.97 Å². The maximum atomic E-state index is 13.0. The van der Waals surface area contributed by atoms with E-state index in [0.29, 0.717) is 39.5 Å². The lowest BCUT2D eigenvalue weighted by molar-refractivity contribution is 0.0696. The molecule has 0 aliphatic heterocycles. The van der Waals surface area contributed by atoms with Crippen LogP contribution in [0.5, 0.6) is 0 Å². The molecule has 2 N–H and O–H groups in total. The summed E-state index contributed by atoms with van der Waals surface area (Å²) in [4.78, 5) is 28.9. The Kier molecular flexibility index (Phi) is 4.56. The van der Waals surface area contributed by atoms with Crippen molar-refractivity contribution in [1.29, 1.82) is 0 Å². The van der Waals surface area contributed by atoms with Crippen LogP contribution in [0.2, 0.25) is 0 Å². The monoisotopic (exact) mass is 381 g/mol. The number of carboxylic acid groups (broad SMARTS) is 1. The molecule has 1 aromatic carbocycles. The average Bonchev–Trinajstić information content (AvgIpc) is 3.45. The van der Waals surface area contributed by atoms with Crippen LogP contribution >= 0.6 is 0 Å². The molecule has 8 nitrogen and oxygen atoms in total. The number of aromatic carboxylic acids is 1. The molecule has 144 valence electrons. The topological polar surface area (TPSA) is 115 Å². The van der Waals surface area contributed by atoms with Crippen molar-refractivity contribution in [2.75, 3.05) is 12.4 Å². The fraction of sp³-hybridized carbons (Fsp3) is 0.300. The van der Waals surface area contributed by atoms with E-state index < -0.39 is 5.97 Å². The molecule has 1 aliphatic rings. The standard InChI is InChI=1S/C20H19N3O5/c1-10-17-15(8-16(12-3-4-12)22-19(17)28-23-10)18(24)21-14-6-11(9-27-2)5-13(7-14)20(25)26/h5-8,12H,3-4,9H2,1-2H3,(H,21,24)(H,25,26). The average molecular weight is 381 g/mol. The minimum atomic E-state index is -1.08. The van der Waals surface area contributed by atoms with Crippen LogP contribution in [0.1, 0.15) is 56.4 Å². The molecule has 0 bridgehead atoms. The molecule has 3 aromatic rings. The number of aromatic nitrogens is 2. The van der Waals surface area contributed by atoms with E-state index in [1.165, 1.54) is 19.2 Å². The molecule has 0 unspecified atom stereocenters. The van der Waals surface area contributed by atoms with Gasteiger partial charge in [-0.15, -0.1) is 0 Å². The maximum absolute atomic E-state index is 13.0. The van der Waals surface area contributed by atoms with Crippen molar-refractivity contribution in [1.82, 2.24) is 10.1 Å². The molecule has 1 amide bonds. The summed E-state index contributed by atoms with van der Waals surface area (Å²) in [5.74, 6) is -1.11. The summed E-state index contributed by atoms with van der Waals surface area (Å²) in [7, 11) is 1.52. The minimum Gasteiger partial charge on any atom is -0.478 e. The molecule has 0 atom stereocenters. The van der Waals surface area contributed by atoms with Crippen LogP contribution in [-0.2, 0) is 11.3 Å². The molecule has 1 saturated carbocycles. The number of fused-ring (bicyclic) bond motifs is 1. The number of nitrogens with zero attached hydrogens (tertiary/aromatic N) is 2. The van der Waals surface area contributed by atoms with Crippen molar-refractivity contribution in [2.45, 2.75) is 32.3 Å². The summed E-state index contributed by atoms with van der Waals surface area (Å²) in [6.45, 7) is 1.99. The number of carboxylic acids is 1. The van der Waals surface area contributed by atoms with E-state index in [-0.39, 0.29) is 18.1 Å². The van der Waals surface area contributed by atoms with E-state index >= 15 is 0 Å². The van der Waals surface area contributed by atoms with Crippen LogP contribution in [0.15, 0.2) is 28.8 Å². The Morgan fingerprint density at radius 2 is 2.07 bits per heavy atom. The number of benzene rings is 1. The second-order valence-corrected chi connectivity index (χ2v) is 6.93. The van der Waals surface area contributed by atoms with Gasteiger partial charge in [0.2, 0.25) is 0 Å². The first-order chi connectivity index (χ1) is 13.5. The van der Waals surface area contributed by atoms with Gasteiger partial charge in [-0.25, -0.2) is 9.78 Å². The van der Waals surface area contributed by atoms with Gasteiger partial charge in [0.15, 0.2) is 0 Å². The highest BCUT2D eigenvalue weighted by Crippen LogP contribution is 2.40. The van der Waals surface area contributed by atoms with Crippen molar-refractivity contribution >= 4 is 28.7 Å². The van der Waals surface area contributed by atoms with Crippen molar-refractivity contribution in [2.24, 2.45) is 0 Å². The SMILES string of the molecule is COCc1cc(NC(=O)c2cc(C3CC3)nc3onc(C)c23)cc(C(=O)O)c1. The third-order valence-electron chi connectivity index (χ3n) is 4.69. The first kappa shape index (κ1) is 18.1. The number of amides is 1. The van der Waals surface area contributed by atoms with Crippen molar-refractivity contribution in [3.05, 3.63) is 52.3 Å². The Labute approximate surface area is 160 Å². The second-order valence-electron chi connectivity index (χ2n) is 6.93. The Balaban J connectivity index is 1.72. The number of hydrogen-bond donors (Lipinski definition) is 2. The van der Waals surface area contributed by atoms with Gasteiger partial charge in [-0.3, -0.25) is 4.79 Å². The Hall–Kier alpha value is -3.26. The van der Waals surface area contributed by atoms with Crippen molar-refractivity contribution < 1.29 is 24.0 Å². The fourth-order valence-electron chi connectivity index (χ4n) is 3.22. The van der Waals surface area contributed by atoms with Gasteiger partial charge in [-0.2, -0.15) is 0 Å². The fourth-order valence-corrected chi connectivity index (χ4v) is 3.22. The highest BCUT2D eigenvalue weighted by Gasteiger charge is 2.28. The van der Waals surface area contributed by atoms with Gasteiger partial charge in [0.1, 0.15) is 0 Å². The van der Waals surface area contributed by atoms with E-state index in [1.54, 1.807) is 19.1 Å². The van der Waals surface area contributed by atoms with Crippen molar-refractivity contribution in [3.8, 4) is 0 Å². The van der Waals surface area contributed by atoms with Gasteiger partial charge in [-0.1, -0.05) is 5.16 Å². The zero-order chi connectivity index (χ0) is 19.8. The number of nitrogens with one attached hydrogen (secondary N) is 1. The third-order valence-corrected chi connectivity index (χ3v) is 4.69. The summed E-state index contributed by atoms with van der Waals surface area (Å²) in [5.41, 5.74) is 3.25. The largest absolute Gasteiger partial charge is 0.478 e. The van der Waals surface area contributed by atoms with Gasteiger partial charge in [0, 0.05) is 24.4 Å². The van der Waals surface area contributed by atoms with Gasteiger partial charge in [0.25, 0.3) is 11.6 Å². The van der Waals surface area contributed by atoms with Gasteiger partial charge in [0.05, 0.1) is 28.8 Å². The van der Waals surface area contributed by atoms with E-state index in [4.69, 9.17) is 9.26 Å². The van der Waals surface area contributed by atoms with E-state index in [1.807, 2.05) is 0 Å². The molecule has 28 heavy (non-hydrogen) atoms. The maximum Gasteiger partial charge on any atom is 0.335 e. The number of carbonyl (C=O) groups excluding carboxylic acids is 1. The van der Waals surface area contributed by atoms with Crippen LogP contribution in [0.25, 0.3) is 11.1 Å². The van der Waals surface area contributed by atoms with Crippen molar-refractivity contribution in [3.63, 3.8) is 0 Å². The lowest BCUT2D eigenvalue weighted by Gasteiger charge is -2.10. The number of pyridine rings is 1. The number of hydrogen-bond acceptors (Lipinski definition) is 6. The van der Waals surface area contributed by atoms with Crippen LogP contribution in [0, 0.1) is 6.92 Å². The van der Waals surface area contributed by atoms with Gasteiger partial charge < -0.3 is 19.7 Å². The first-order valence-electron chi connectivity index (χ1n) is 8.90. The number of rotatable bonds is 6. The smallest absolute Gasteiger partial charge is 0.335 e. The predicted octanol–water partition coefficient (Wildman–Crippen LogP) is 3.51. The molecule has 8 heteroatoms. The Morgan fingerprint density at radius 3 is 2.75 bits per heavy atom. The van der Waals surface area contributed by atoms with Crippen LogP contribution in [0.4, 0.5) is 5.69 Å². The predicted molar refractivity (Wildman–Crippen MR) is 101 cm³/mol. The third kappa shape index (κ3) is 3.46. The number of aryl methyl sites for hydroxylation is 1. The molecule has 4 rings (SSSR count). The summed E-state index contributed by atoms with van der Waals surface area (Å²) < 4.78 is 10.4. The molecule has 0 radical (unpaired) electrons. The highest BCUT2D eigenvalue weighted by atomic mass is 16.5. The lowest BCUT2D eigenvalue weighted by atomic mass is 10.1. The number of ether oxygens (including phenoxy) is 1. The van der Waals surface area contributed by atoms with E-state index in [9.17, 15) is 14.7 Å². The molecule has 1 fully saturated rings. The summed E-state index contributed by atoms with van der Waals surface area (Å²) >= 11 is 0. The lowest BCUT2D eigenvalue weighted by Crippen LogP contribution is -2.14. The second kappa shape index (κ2) is 7.05. The number of carbonyl (C=O) groups is 2. The molecule has 0 spiro atoms. The number of methoxy groups -OCH3 is 1. The normalized spacial score (nSPS) is 13.6. The minimum absolute atomic E-state index is 0.0737.